The maximum absolute atomic E-state index is 10.6. The van der Waals surface area contributed by atoms with Gasteiger partial charge in [0, 0.05) is 19.7 Å². The normalized spacial score (nSPS) is 31.1. The standard InChI is InChI=1S/C25H45NO4/c1-26(18-16-25(27)28)17-5-19-29-22-12-14-24(15-13-22)30-23-10-8-21(9-11-23)20-6-3-2-4-7-20/h20-24H,2-19H2,1H3,(H,27,28). The largest absolute Gasteiger partial charge is 0.481 e. The molecule has 0 aliphatic heterocycles. The van der Waals surface area contributed by atoms with Gasteiger partial charge in [-0.2, -0.15) is 0 Å². The van der Waals surface area contributed by atoms with Crippen molar-refractivity contribution in [3.63, 3.8) is 0 Å². The second kappa shape index (κ2) is 13.0. The lowest BCUT2D eigenvalue weighted by Gasteiger charge is -2.38. The van der Waals surface area contributed by atoms with Crippen LogP contribution in [0, 0.1) is 11.8 Å². The number of ether oxygens (including phenoxy) is 2. The lowest BCUT2D eigenvalue weighted by molar-refractivity contribution is -0.137. The molecule has 1 N–H and O–H groups in total. The molecule has 0 saturated heterocycles. The minimum atomic E-state index is -0.727. The summed E-state index contributed by atoms with van der Waals surface area (Å²) in [4.78, 5) is 12.7. The van der Waals surface area contributed by atoms with Crippen molar-refractivity contribution < 1.29 is 19.4 Å². The van der Waals surface area contributed by atoms with E-state index in [0.717, 1.165) is 57.1 Å². The Balaban J connectivity index is 1.21. The summed E-state index contributed by atoms with van der Waals surface area (Å²) in [6, 6.07) is 0. The first-order chi connectivity index (χ1) is 14.6. The van der Waals surface area contributed by atoms with E-state index in [9.17, 15) is 4.79 Å². The predicted molar refractivity (Wildman–Crippen MR) is 120 cm³/mol. The number of hydrogen-bond acceptors (Lipinski definition) is 4. The first-order valence-corrected chi connectivity index (χ1v) is 12.8. The minimum Gasteiger partial charge on any atom is -0.481 e. The van der Waals surface area contributed by atoms with Gasteiger partial charge in [0.2, 0.25) is 0 Å². The van der Waals surface area contributed by atoms with Gasteiger partial charge in [-0.15, -0.1) is 0 Å². The van der Waals surface area contributed by atoms with Gasteiger partial charge in [0.25, 0.3) is 0 Å². The minimum absolute atomic E-state index is 0.212. The van der Waals surface area contributed by atoms with Gasteiger partial charge in [0.05, 0.1) is 24.7 Å². The number of carboxylic acids is 1. The molecule has 0 aromatic carbocycles. The van der Waals surface area contributed by atoms with Crippen LogP contribution >= 0.6 is 0 Å². The molecule has 174 valence electrons. The van der Waals surface area contributed by atoms with Crippen molar-refractivity contribution in [2.75, 3.05) is 26.7 Å². The van der Waals surface area contributed by atoms with Crippen LogP contribution < -0.4 is 0 Å². The van der Waals surface area contributed by atoms with Crippen molar-refractivity contribution >= 4 is 5.97 Å². The number of rotatable bonds is 11. The molecule has 0 amide bonds. The molecule has 0 bridgehead atoms. The van der Waals surface area contributed by atoms with E-state index in [1.807, 2.05) is 7.05 Å². The predicted octanol–water partition coefficient (Wildman–Crippen LogP) is 5.27. The summed E-state index contributed by atoms with van der Waals surface area (Å²) in [5, 5.41) is 8.73. The first-order valence-electron chi connectivity index (χ1n) is 12.8. The molecule has 0 spiro atoms. The number of nitrogens with zero attached hydrogens (tertiary/aromatic N) is 1. The van der Waals surface area contributed by atoms with Gasteiger partial charge in [-0.1, -0.05) is 32.1 Å². The van der Waals surface area contributed by atoms with Crippen LogP contribution in [-0.4, -0.2) is 61.0 Å². The van der Waals surface area contributed by atoms with Crippen LogP contribution in [0.5, 0.6) is 0 Å². The van der Waals surface area contributed by atoms with Crippen molar-refractivity contribution in [1.82, 2.24) is 4.90 Å². The molecule has 0 aromatic heterocycles. The highest BCUT2D eigenvalue weighted by atomic mass is 16.5. The molecule has 3 aliphatic rings. The Bertz CT molecular complexity index is 478. The summed E-state index contributed by atoms with van der Waals surface area (Å²) in [5.74, 6) is 1.27. The molecular weight excluding hydrogens is 378 g/mol. The van der Waals surface area contributed by atoms with E-state index in [4.69, 9.17) is 14.6 Å². The highest BCUT2D eigenvalue weighted by molar-refractivity contribution is 5.66. The molecule has 0 unspecified atom stereocenters. The van der Waals surface area contributed by atoms with E-state index in [2.05, 4.69) is 4.90 Å². The van der Waals surface area contributed by atoms with Gasteiger partial charge in [0.15, 0.2) is 0 Å². The fourth-order valence-corrected chi connectivity index (χ4v) is 5.89. The Kier molecular flexibility index (Phi) is 10.4. The lowest BCUT2D eigenvalue weighted by Crippen LogP contribution is -2.33. The average molecular weight is 424 g/mol. The molecule has 0 radical (unpaired) electrons. The van der Waals surface area contributed by atoms with Crippen molar-refractivity contribution in [3.8, 4) is 0 Å². The summed E-state index contributed by atoms with van der Waals surface area (Å²) in [7, 11) is 1.98. The third-order valence-corrected chi connectivity index (χ3v) is 7.79. The van der Waals surface area contributed by atoms with Crippen molar-refractivity contribution in [1.29, 1.82) is 0 Å². The number of carboxylic acid groups (broad SMARTS) is 1. The maximum Gasteiger partial charge on any atom is 0.304 e. The number of hydrogen-bond donors (Lipinski definition) is 1. The molecule has 5 nitrogen and oxygen atoms in total. The van der Waals surface area contributed by atoms with Gasteiger partial charge >= 0.3 is 5.97 Å². The Morgan fingerprint density at radius 2 is 1.37 bits per heavy atom. The van der Waals surface area contributed by atoms with E-state index in [1.165, 1.54) is 57.8 Å². The second-order valence-corrected chi connectivity index (χ2v) is 10.1. The molecule has 3 aliphatic carbocycles. The van der Waals surface area contributed by atoms with E-state index >= 15 is 0 Å². The zero-order chi connectivity index (χ0) is 21.2. The molecule has 0 heterocycles. The molecule has 30 heavy (non-hydrogen) atoms. The van der Waals surface area contributed by atoms with Gasteiger partial charge in [-0.3, -0.25) is 4.79 Å². The molecule has 5 heteroatoms. The molecule has 0 atom stereocenters. The molecular formula is C25H45NO4. The number of carbonyl (C=O) groups is 1. The highest BCUT2D eigenvalue weighted by Crippen LogP contribution is 2.39. The smallest absolute Gasteiger partial charge is 0.304 e. The van der Waals surface area contributed by atoms with Crippen LogP contribution in [-0.2, 0) is 14.3 Å². The fraction of sp³-hybridized carbons (Fsp3) is 0.960. The van der Waals surface area contributed by atoms with Crippen LogP contribution in [0.15, 0.2) is 0 Å². The fourth-order valence-electron chi connectivity index (χ4n) is 5.89. The van der Waals surface area contributed by atoms with Crippen LogP contribution in [0.2, 0.25) is 0 Å². The van der Waals surface area contributed by atoms with Crippen molar-refractivity contribution in [2.24, 2.45) is 11.8 Å². The lowest BCUT2D eigenvalue weighted by atomic mass is 9.73. The van der Waals surface area contributed by atoms with Gasteiger partial charge in [0.1, 0.15) is 0 Å². The highest BCUT2D eigenvalue weighted by Gasteiger charge is 2.31. The van der Waals surface area contributed by atoms with Crippen LogP contribution in [0.25, 0.3) is 0 Å². The maximum atomic E-state index is 10.6. The Morgan fingerprint density at radius 3 is 2.00 bits per heavy atom. The van der Waals surface area contributed by atoms with Crippen LogP contribution in [0.1, 0.15) is 96.3 Å². The summed E-state index contributed by atoms with van der Waals surface area (Å²) >= 11 is 0. The molecule has 3 saturated carbocycles. The zero-order valence-corrected chi connectivity index (χ0v) is 19.2. The zero-order valence-electron chi connectivity index (χ0n) is 19.2. The molecule has 0 aromatic rings. The summed E-state index contributed by atoms with van der Waals surface area (Å²) in [6.45, 7) is 2.29. The van der Waals surface area contributed by atoms with Crippen molar-refractivity contribution in [3.05, 3.63) is 0 Å². The first kappa shape index (κ1) is 24.0. The second-order valence-electron chi connectivity index (χ2n) is 10.1. The SMILES string of the molecule is CN(CCCOC1CCC(OC2CCC(C3CCCCC3)CC2)CC1)CCC(=O)O. The van der Waals surface area contributed by atoms with E-state index in [-0.39, 0.29) is 6.42 Å². The summed E-state index contributed by atoms with van der Waals surface area (Å²) in [6.07, 6.45) is 19.8. The summed E-state index contributed by atoms with van der Waals surface area (Å²) < 4.78 is 12.6. The van der Waals surface area contributed by atoms with Crippen LogP contribution in [0.4, 0.5) is 0 Å². The van der Waals surface area contributed by atoms with Gasteiger partial charge in [-0.25, -0.2) is 0 Å². The van der Waals surface area contributed by atoms with Gasteiger partial charge < -0.3 is 19.5 Å². The topological polar surface area (TPSA) is 59.0 Å². The summed E-state index contributed by atoms with van der Waals surface area (Å²) in [5.41, 5.74) is 0. The third kappa shape index (κ3) is 8.47. The van der Waals surface area contributed by atoms with E-state index in [0.29, 0.717) is 24.9 Å². The van der Waals surface area contributed by atoms with E-state index in [1.54, 1.807) is 0 Å². The third-order valence-electron chi connectivity index (χ3n) is 7.79. The Hall–Kier alpha value is -0.650. The van der Waals surface area contributed by atoms with E-state index < -0.39 is 5.97 Å². The van der Waals surface area contributed by atoms with Gasteiger partial charge in [-0.05, 0) is 76.7 Å². The van der Waals surface area contributed by atoms with Crippen LogP contribution in [0.3, 0.4) is 0 Å². The van der Waals surface area contributed by atoms with Crippen molar-refractivity contribution in [2.45, 2.75) is 115 Å². The Labute approximate surface area is 183 Å². The number of aliphatic carboxylic acids is 1. The average Bonchev–Trinajstić information content (AvgIpc) is 2.77. The quantitative estimate of drug-likeness (QED) is 0.459. The molecule has 3 rings (SSSR count). The molecule has 3 fully saturated rings. The monoisotopic (exact) mass is 423 g/mol. The Morgan fingerprint density at radius 1 is 0.800 bits per heavy atom.